The lowest BCUT2D eigenvalue weighted by Crippen LogP contribution is -2.17. The Morgan fingerprint density at radius 3 is 2.88 bits per heavy atom. The van der Waals surface area contributed by atoms with E-state index in [-0.39, 0.29) is 11.8 Å². The van der Waals surface area contributed by atoms with Gasteiger partial charge in [-0.3, -0.25) is 0 Å². The summed E-state index contributed by atoms with van der Waals surface area (Å²) in [4.78, 5) is 0. The second-order valence-electron chi connectivity index (χ2n) is 5.34. The molecule has 9 nitrogen and oxygen atoms in total. The first-order valence-corrected chi connectivity index (χ1v) is 8.17. The molecule has 3 aromatic rings. The highest BCUT2D eigenvalue weighted by Gasteiger charge is 2.37. The fraction of sp³-hybridized carbons (Fsp3) is 0.500. The van der Waals surface area contributed by atoms with Crippen LogP contribution in [0.15, 0.2) is 22.3 Å². The van der Waals surface area contributed by atoms with Gasteiger partial charge >= 0.3 is 6.18 Å². The SMILES string of the molecule is FC(F)(F)c1nnc2ccc(Sc3nnnn3C[C@H]3CCCO3)nn12. The van der Waals surface area contributed by atoms with E-state index in [2.05, 4.69) is 30.8 Å². The summed E-state index contributed by atoms with van der Waals surface area (Å²) in [6, 6.07) is 2.95. The van der Waals surface area contributed by atoms with Crippen molar-refractivity contribution in [3.05, 3.63) is 18.0 Å². The normalized spacial score (nSPS) is 18.3. The lowest BCUT2D eigenvalue weighted by Gasteiger charge is -2.09. The highest BCUT2D eigenvalue weighted by Crippen LogP contribution is 2.29. The fourth-order valence-electron chi connectivity index (χ4n) is 2.46. The third-order valence-corrected chi connectivity index (χ3v) is 4.49. The van der Waals surface area contributed by atoms with Gasteiger partial charge in [0.05, 0.1) is 12.6 Å². The van der Waals surface area contributed by atoms with Crippen LogP contribution in [0.3, 0.4) is 0 Å². The number of fused-ring (bicyclic) bond motifs is 1. The largest absolute Gasteiger partial charge is 0.453 e. The van der Waals surface area contributed by atoms with Crippen molar-refractivity contribution < 1.29 is 17.9 Å². The molecule has 0 aliphatic carbocycles. The van der Waals surface area contributed by atoms with E-state index in [9.17, 15) is 13.2 Å². The molecule has 3 aromatic heterocycles. The topological polar surface area (TPSA) is 95.9 Å². The molecule has 0 saturated carbocycles. The molecule has 132 valence electrons. The number of alkyl halides is 3. The van der Waals surface area contributed by atoms with Crippen LogP contribution in [0.1, 0.15) is 18.7 Å². The van der Waals surface area contributed by atoms with E-state index in [4.69, 9.17) is 4.74 Å². The molecule has 1 aliphatic heterocycles. The maximum Gasteiger partial charge on any atom is 0.453 e. The van der Waals surface area contributed by atoms with E-state index in [1.165, 1.54) is 6.07 Å². The van der Waals surface area contributed by atoms with E-state index in [0.717, 1.165) is 24.6 Å². The standard InChI is InChI=1S/C12H11F3N8OS/c13-12(14,15)10-17-16-8-3-4-9(19-23(8)10)25-11-18-20-21-22(11)6-7-2-1-5-24-7/h3-4,7H,1-2,5-6H2/t7-/m1/s1. The fourth-order valence-corrected chi connectivity index (χ4v) is 3.20. The summed E-state index contributed by atoms with van der Waals surface area (Å²) < 4.78 is 46.6. The van der Waals surface area contributed by atoms with Crippen LogP contribution in [0.4, 0.5) is 13.2 Å². The van der Waals surface area contributed by atoms with Gasteiger partial charge in [0, 0.05) is 6.61 Å². The van der Waals surface area contributed by atoms with Crippen molar-refractivity contribution >= 4 is 17.4 Å². The molecule has 0 spiro atoms. The van der Waals surface area contributed by atoms with Crippen molar-refractivity contribution in [2.75, 3.05) is 6.61 Å². The molecule has 0 radical (unpaired) electrons. The maximum absolute atomic E-state index is 12.9. The molecular weight excluding hydrogens is 361 g/mol. The predicted octanol–water partition coefficient (Wildman–Crippen LogP) is 1.46. The van der Waals surface area contributed by atoms with Crippen molar-refractivity contribution in [1.82, 2.24) is 40.0 Å². The van der Waals surface area contributed by atoms with Gasteiger partial charge in [0.1, 0.15) is 5.03 Å². The first-order chi connectivity index (χ1) is 12.0. The molecule has 1 aliphatic rings. The summed E-state index contributed by atoms with van der Waals surface area (Å²) in [5.41, 5.74) is 0.00984. The summed E-state index contributed by atoms with van der Waals surface area (Å²) in [7, 11) is 0. The average Bonchev–Trinajstić information content (AvgIpc) is 3.28. The summed E-state index contributed by atoms with van der Waals surface area (Å²) in [5.74, 6) is -1.18. The Balaban J connectivity index is 1.60. The summed E-state index contributed by atoms with van der Waals surface area (Å²) in [6.07, 6.45) is -2.70. The number of ether oxygens (including phenoxy) is 1. The Kier molecular flexibility index (Phi) is 4.03. The Bertz CT molecular complexity index is 888. The van der Waals surface area contributed by atoms with Crippen LogP contribution in [0.2, 0.25) is 0 Å². The van der Waals surface area contributed by atoms with E-state index >= 15 is 0 Å². The van der Waals surface area contributed by atoms with Gasteiger partial charge in [0.25, 0.3) is 5.82 Å². The minimum atomic E-state index is -4.64. The molecule has 0 amide bonds. The van der Waals surface area contributed by atoms with Gasteiger partial charge in [-0.25, -0.2) is 4.68 Å². The zero-order valence-electron chi connectivity index (χ0n) is 12.6. The Morgan fingerprint density at radius 2 is 2.12 bits per heavy atom. The van der Waals surface area contributed by atoms with Crippen molar-refractivity contribution in [3.8, 4) is 0 Å². The molecule has 1 saturated heterocycles. The molecular formula is C12H11F3N8OS. The van der Waals surface area contributed by atoms with Crippen LogP contribution in [0.5, 0.6) is 0 Å². The Labute approximate surface area is 142 Å². The van der Waals surface area contributed by atoms with Crippen molar-refractivity contribution in [3.63, 3.8) is 0 Å². The Hall–Kier alpha value is -2.28. The van der Waals surface area contributed by atoms with Crippen LogP contribution >= 0.6 is 11.8 Å². The van der Waals surface area contributed by atoms with Crippen molar-refractivity contribution in [1.29, 1.82) is 0 Å². The minimum Gasteiger partial charge on any atom is -0.376 e. The molecule has 4 heterocycles. The number of aromatic nitrogens is 8. The number of halogens is 3. The monoisotopic (exact) mass is 372 g/mol. The second-order valence-corrected chi connectivity index (χ2v) is 6.33. The van der Waals surface area contributed by atoms with E-state index in [1.807, 2.05) is 0 Å². The lowest BCUT2D eigenvalue weighted by molar-refractivity contribution is -0.146. The van der Waals surface area contributed by atoms with Gasteiger partial charge < -0.3 is 4.74 Å². The molecule has 0 aromatic carbocycles. The van der Waals surface area contributed by atoms with E-state index in [0.29, 0.717) is 27.8 Å². The van der Waals surface area contributed by atoms with Gasteiger partial charge in [-0.05, 0) is 47.2 Å². The number of tetrazole rings is 1. The average molecular weight is 372 g/mol. The molecule has 0 bridgehead atoms. The summed E-state index contributed by atoms with van der Waals surface area (Å²) in [5, 5.41) is 22.7. The number of rotatable bonds is 4. The highest BCUT2D eigenvalue weighted by atomic mass is 32.2. The third-order valence-electron chi connectivity index (χ3n) is 3.59. The maximum atomic E-state index is 12.9. The summed E-state index contributed by atoms with van der Waals surface area (Å²) in [6.45, 7) is 1.19. The quantitative estimate of drug-likeness (QED) is 0.679. The van der Waals surface area contributed by atoms with Crippen LogP contribution < -0.4 is 0 Å². The van der Waals surface area contributed by atoms with Gasteiger partial charge in [0.2, 0.25) is 5.16 Å². The van der Waals surface area contributed by atoms with Crippen molar-refractivity contribution in [2.24, 2.45) is 0 Å². The zero-order valence-corrected chi connectivity index (χ0v) is 13.4. The number of hydrogen-bond acceptors (Lipinski definition) is 8. The molecule has 13 heteroatoms. The first kappa shape index (κ1) is 16.2. The summed E-state index contributed by atoms with van der Waals surface area (Å²) >= 11 is 1.06. The molecule has 0 unspecified atom stereocenters. The van der Waals surface area contributed by atoms with Crippen molar-refractivity contribution in [2.45, 2.75) is 41.8 Å². The van der Waals surface area contributed by atoms with Crippen LogP contribution in [0.25, 0.3) is 5.65 Å². The number of hydrogen-bond donors (Lipinski definition) is 0. The highest BCUT2D eigenvalue weighted by molar-refractivity contribution is 7.99. The predicted molar refractivity (Wildman–Crippen MR) is 76.7 cm³/mol. The molecule has 1 atom stereocenters. The smallest absolute Gasteiger partial charge is 0.376 e. The van der Waals surface area contributed by atoms with Crippen LogP contribution in [-0.4, -0.2) is 52.7 Å². The van der Waals surface area contributed by atoms with E-state index in [1.54, 1.807) is 10.7 Å². The van der Waals surface area contributed by atoms with Crippen LogP contribution in [-0.2, 0) is 17.5 Å². The van der Waals surface area contributed by atoms with Crippen LogP contribution in [0, 0.1) is 0 Å². The molecule has 4 rings (SSSR count). The minimum absolute atomic E-state index is 0.00984. The van der Waals surface area contributed by atoms with Gasteiger partial charge in [-0.2, -0.15) is 22.8 Å². The zero-order chi connectivity index (χ0) is 17.4. The van der Waals surface area contributed by atoms with Gasteiger partial charge in [0.15, 0.2) is 5.65 Å². The first-order valence-electron chi connectivity index (χ1n) is 7.36. The number of nitrogens with zero attached hydrogens (tertiary/aromatic N) is 8. The molecule has 0 N–H and O–H groups in total. The second kappa shape index (κ2) is 6.22. The Morgan fingerprint density at radius 1 is 1.24 bits per heavy atom. The van der Waals surface area contributed by atoms with Gasteiger partial charge in [-0.1, -0.05) is 0 Å². The third kappa shape index (κ3) is 3.28. The van der Waals surface area contributed by atoms with Gasteiger partial charge in [-0.15, -0.1) is 15.3 Å². The lowest BCUT2D eigenvalue weighted by atomic mass is 10.2. The molecule has 25 heavy (non-hydrogen) atoms. The van der Waals surface area contributed by atoms with E-state index < -0.39 is 12.0 Å². The molecule has 1 fully saturated rings.